The summed E-state index contributed by atoms with van der Waals surface area (Å²) in [5.74, 6) is -2.58. The number of thioether (sulfide) groups is 1. The van der Waals surface area contributed by atoms with E-state index in [0.717, 1.165) is 0 Å². The Bertz CT molecular complexity index is 629. The van der Waals surface area contributed by atoms with Gasteiger partial charge >= 0.3 is 0 Å². The largest absolute Gasteiger partial charge is 0.463 e. The molecule has 0 saturated carbocycles. The van der Waals surface area contributed by atoms with E-state index in [4.69, 9.17) is 4.74 Å². The molecule has 0 radical (unpaired) electrons. The summed E-state index contributed by atoms with van der Waals surface area (Å²) in [5.41, 5.74) is 0.492. The summed E-state index contributed by atoms with van der Waals surface area (Å²) in [6.07, 6.45) is 1.63. The van der Waals surface area contributed by atoms with Gasteiger partial charge in [0, 0.05) is 22.0 Å². The summed E-state index contributed by atoms with van der Waals surface area (Å²) >= 11 is 1.88. The fourth-order valence-corrected chi connectivity index (χ4v) is 3.10. The number of alkyl halides is 2. The normalized spacial score (nSPS) is 15.0. The molecule has 0 spiro atoms. The number of nitrogens with zero attached hydrogens (tertiary/aromatic N) is 2. The zero-order valence-corrected chi connectivity index (χ0v) is 12.9. The molecule has 1 aromatic carbocycles. The molecule has 0 aliphatic carbocycles. The van der Waals surface area contributed by atoms with Crippen LogP contribution in [0.15, 0.2) is 40.7 Å². The molecule has 1 saturated heterocycles. The first kappa shape index (κ1) is 15.2. The molecule has 8 heteroatoms. The van der Waals surface area contributed by atoms with Crippen molar-refractivity contribution >= 4 is 29.0 Å². The molecule has 2 heterocycles. The third kappa shape index (κ3) is 3.56. The van der Waals surface area contributed by atoms with Crippen LogP contribution in [0.2, 0.25) is 0 Å². The highest BCUT2D eigenvalue weighted by atomic mass is 32.2. The van der Waals surface area contributed by atoms with E-state index < -0.39 is 5.76 Å². The lowest BCUT2D eigenvalue weighted by molar-refractivity contribution is 0.0177. The molecule has 4 nitrogen and oxygen atoms in total. The standard InChI is InChI=1S/C14H12F2N2O2S2/c15-13(16)22-11-3-1-9(2-4-11)12(19)18-7-10(8-18)20-14-17-5-6-21-14/h1-6,10,13H,7-8H2. The molecule has 3 rings (SSSR count). The van der Waals surface area contributed by atoms with Crippen LogP contribution in [0.1, 0.15) is 10.4 Å². The highest BCUT2D eigenvalue weighted by molar-refractivity contribution is 7.99. The number of hydrogen-bond acceptors (Lipinski definition) is 5. The van der Waals surface area contributed by atoms with Crippen molar-refractivity contribution < 1.29 is 18.3 Å². The molecule has 116 valence electrons. The highest BCUT2D eigenvalue weighted by Crippen LogP contribution is 2.26. The van der Waals surface area contributed by atoms with Gasteiger partial charge in [0.25, 0.3) is 16.9 Å². The molecule has 2 aromatic rings. The number of halogens is 2. The van der Waals surface area contributed by atoms with Gasteiger partial charge in [-0.05, 0) is 24.3 Å². The Labute approximate surface area is 134 Å². The molecule has 0 N–H and O–H groups in total. The summed E-state index contributed by atoms with van der Waals surface area (Å²) in [7, 11) is 0. The van der Waals surface area contributed by atoms with Crippen molar-refractivity contribution in [2.24, 2.45) is 0 Å². The van der Waals surface area contributed by atoms with E-state index in [-0.39, 0.29) is 12.0 Å². The Balaban J connectivity index is 1.52. The van der Waals surface area contributed by atoms with Gasteiger partial charge in [-0.3, -0.25) is 4.79 Å². The number of aromatic nitrogens is 1. The van der Waals surface area contributed by atoms with Gasteiger partial charge in [-0.15, -0.1) is 0 Å². The van der Waals surface area contributed by atoms with Crippen LogP contribution in [0.3, 0.4) is 0 Å². The fraction of sp³-hybridized carbons (Fsp3) is 0.286. The lowest BCUT2D eigenvalue weighted by Crippen LogP contribution is -2.56. The number of rotatable bonds is 5. The number of benzene rings is 1. The van der Waals surface area contributed by atoms with Crippen molar-refractivity contribution in [1.29, 1.82) is 0 Å². The summed E-state index contributed by atoms with van der Waals surface area (Å²) in [5, 5.41) is 2.43. The van der Waals surface area contributed by atoms with Crippen molar-refractivity contribution in [2.45, 2.75) is 16.8 Å². The minimum absolute atomic E-state index is 0.0382. The van der Waals surface area contributed by atoms with Crippen molar-refractivity contribution in [2.75, 3.05) is 13.1 Å². The third-order valence-corrected chi connectivity index (χ3v) is 4.52. The second kappa shape index (κ2) is 6.62. The molecular formula is C14H12F2N2O2S2. The van der Waals surface area contributed by atoms with Crippen LogP contribution in [0.5, 0.6) is 5.19 Å². The van der Waals surface area contributed by atoms with Gasteiger partial charge in [0.2, 0.25) is 0 Å². The van der Waals surface area contributed by atoms with E-state index >= 15 is 0 Å². The molecule has 0 bridgehead atoms. The third-order valence-electron chi connectivity index (χ3n) is 3.14. The van der Waals surface area contributed by atoms with Crippen molar-refractivity contribution in [3.8, 4) is 5.19 Å². The Hall–Kier alpha value is -1.67. The second-order valence-corrected chi connectivity index (χ2v) is 6.57. The summed E-state index contributed by atoms with van der Waals surface area (Å²) in [4.78, 5) is 18.3. The topological polar surface area (TPSA) is 42.4 Å². The lowest BCUT2D eigenvalue weighted by atomic mass is 10.1. The van der Waals surface area contributed by atoms with E-state index in [0.29, 0.717) is 40.5 Å². The zero-order valence-electron chi connectivity index (χ0n) is 11.3. The fourth-order valence-electron chi connectivity index (χ4n) is 2.05. The van der Waals surface area contributed by atoms with Gasteiger partial charge in [-0.25, -0.2) is 4.98 Å². The second-order valence-electron chi connectivity index (χ2n) is 4.65. The van der Waals surface area contributed by atoms with Crippen LogP contribution in [-0.4, -0.2) is 40.7 Å². The molecule has 22 heavy (non-hydrogen) atoms. The number of carbonyl (C=O) groups excluding carboxylic acids is 1. The maximum absolute atomic E-state index is 12.2. The minimum Gasteiger partial charge on any atom is -0.463 e. The molecule has 0 atom stereocenters. The highest BCUT2D eigenvalue weighted by Gasteiger charge is 2.33. The van der Waals surface area contributed by atoms with Crippen LogP contribution >= 0.6 is 23.1 Å². The Kier molecular flexibility index (Phi) is 4.58. The SMILES string of the molecule is O=C(c1ccc(SC(F)F)cc1)N1CC(Oc2nccs2)C1. The number of amides is 1. The molecule has 1 aliphatic heterocycles. The summed E-state index contributed by atoms with van der Waals surface area (Å²) in [6, 6.07) is 6.21. The molecule has 0 unspecified atom stereocenters. The van der Waals surface area contributed by atoms with Crippen LogP contribution in [-0.2, 0) is 0 Å². The average molecular weight is 342 g/mol. The predicted molar refractivity (Wildman–Crippen MR) is 80.7 cm³/mol. The smallest absolute Gasteiger partial charge is 0.288 e. The van der Waals surface area contributed by atoms with E-state index in [9.17, 15) is 13.6 Å². The quantitative estimate of drug-likeness (QED) is 0.782. The van der Waals surface area contributed by atoms with E-state index in [1.54, 1.807) is 23.2 Å². The van der Waals surface area contributed by atoms with Gasteiger partial charge < -0.3 is 9.64 Å². The summed E-state index contributed by atoms with van der Waals surface area (Å²) in [6.45, 7) is 1.01. The van der Waals surface area contributed by atoms with Gasteiger partial charge in [-0.1, -0.05) is 23.1 Å². The van der Waals surface area contributed by atoms with Crippen molar-refractivity contribution in [3.63, 3.8) is 0 Å². The minimum atomic E-state index is -2.46. The van der Waals surface area contributed by atoms with Gasteiger partial charge in [0.05, 0.1) is 13.1 Å². The maximum Gasteiger partial charge on any atom is 0.288 e. The van der Waals surface area contributed by atoms with Gasteiger partial charge in [0.15, 0.2) is 0 Å². The monoisotopic (exact) mass is 342 g/mol. The molecule has 1 aromatic heterocycles. The van der Waals surface area contributed by atoms with Crippen LogP contribution in [0.4, 0.5) is 8.78 Å². The van der Waals surface area contributed by atoms with Crippen LogP contribution < -0.4 is 4.74 Å². The first-order valence-corrected chi connectivity index (χ1v) is 8.28. The van der Waals surface area contributed by atoms with Gasteiger partial charge in [0.1, 0.15) is 6.10 Å². The number of thiazole rings is 1. The van der Waals surface area contributed by atoms with E-state index in [1.807, 2.05) is 5.38 Å². The lowest BCUT2D eigenvalue weighted by Gasteiger charge is -2.38. The average Bonchev–Trinajstić information content (AvgIpc) is 2.95. The Morgan fingerprint density at radius 1 is 1.36 bits per heavy atom. The maximum atomic E-state index is 12.2. The van der Waals surface area contributed by atoms with E-state index in [2.05, 4.69) is 4.98 Å². The first-order chi connectivity index (χ1) is 10.6. The van der Waals surface area contributed by atoms with Crippen molar-refractivity contribution in [1.82, 2.24) is 9.88 Å². The van der Waals surface area contributed by atoms with Crippen LogP contribution in [0, 0.1) is 0 Å². The van der Waals surface area contributed by atoms with Gasteiger partial charge in [-0.2, -0.15) is 8.78 Å². The number of hydrogen-bond donors (Lipinski definition) is 0. The molecular weight excluding hydrogens is 330 g/mol. The first-order valence-electron chi connectivity index (χ1n) is 6.52. The number of ether oxygens (including phenoxy) is 1. The Morgan fingerprint density at radius 3 is 2.68 bits per heavy atom. The predicted octanol–water partition coefficient (Wildman–Crippen LogP) is 3.36. The number of carbonyl (C=O) groups is 1. The van der Waals surface area contributed by atoms with Crippen LogP contribution in [0.25, 0.3) is 0 Å². The van der Waals surface area contributed by atoms with E-state index in [1.165, 1.54) is 23.5 Å². The zero-order chi connectivity index (χ0) is 15.5. The summed E-state index contributed by atoms with van der Waals surface area (Å²) < 4.78 is 30.1. The number of likely N-dealkylation sites (tertiary alicyclic amines) is 1. The van der Waals surface area contributed by atoms with Crippen molar-refractivity contribution in [3.05, 3.63) is 41.4 Å². The Morgan fingerprint density at radius 2 is 2.09 bits per heavy atom. The molecule has 1 amide bonds. The molecule has 1 fully saturated rings. The molecule has 1 aliphatic rings.